The Labute approximate surface area is 124 Å². The lowest BCUT2D eigenvalue weighted by Crippen LogP contribution is -2.37. The molecule has 1 aromatic rings. The quantitative estimate of drug-likeness (QED) is 0.655. The highest BCUT2D eigenvalue weighted by Crippen LogP contribution is 2.17. The van der Waals surface area contributed by atoms with Gasteiger partial charge in [-0.2, -0.15) is 15.0 Å². The molecular weight excluding hydrogens is 272 g/mol. The Balaban J connectivity index is 2.89. The van der Waals surface area contributed by atoms with Crippen LogP contribution in [0, 0.1) is 5.41 Å². The largest absolute Gasteiger partial charge is 0.461 e. The molecule has 1 rings (SSSR count). The van der Waals surface area contributed by atoms with Gasteiger partial charge in [0.2, 0.25) is 17.8 Å². The molecule has 0 saturated carbocycles. The average molecular weight is 296 g/mol. The SMILES string of the molecule is CCNc1nc(NCC(C)(C)C(N)=O)nc(OC(C)C)n1. The molecule has 1 heterocycles. The van der Waals surface area contributed by atoms with Gasteiger partial charge >= 0.3 is 6.01 Å². The minimum atomic E-state index is -0.704. The van der Waals surface area contributed by atoms with E-state index in [0.29, 0.717) is 25.0 Å². The summed E-state index contributed by atoms with van der Waals surface area (Å²) in [5.74, 6) is 0.364. The van der Waals surface area contributed by atoms with Gasteiger partial charge < -0.3 is 21.1 Å². The van der Waals surface area contributed by atoms with Crippen LogP contribution in [0.3, 0.4) is 0 Å². The van der Waals surface area contributed by atoms with Gasteiger partial charge in [0, 0.05) is 13.1 Å². The lowest BCUT2D eigenvalue weighted by molar-refractivity contribution is -0.125. The molecular formula is C13H24N6O2. The van der Waals surface area contributed by atoms with Crippen LogP contribution in [-0.4, -0.2) is 40.1 Å². The number of rotatable bonds is 8. The number of nitrogens with one attached hydrogen (secondary N) is 2. The molecule has 0 aliphatic rings. The van der Waals surface area contributed by atoms with Crippen molar-refractivity contribution in [1.82, 2.24) is 15.0 Å². The van der Waals surface area contributed by atoms with Crippen molar-refractivity contribution >= 4 is 17.8 Å². The summed E-state index contributed by atoms with van der Waals surface area (Å²) in [6.07, 6.45) is -0.0446. The number of hydrogen-bond donors (Lipinski definition) is 3. The van der Waals surface area contributed by atoms with E-state index in [4.69, 9.17) is 10.5 Å². The zero-order valence-electron chi connectivity index (χ0n) is 13.2. The molecule has 8 heteroatoms. The Hall–Kier alpha value is -2.12. The van der Waals surface area contributed by atoms with E-state index in [1.165, 1.54) is 0 Å². The second-order valence-electron chi connectivity index (χ2n) is 5.56. The molecule has 0 unspecified atom stereocenters. The normalized spacial score (nSPS) is 11.3. The molecule has 0 atom stereocenters. The number of ether oxygens (including phenoxy) is 1. The maximum atomic E-state index is 11.3. The van der Waals surface area contributed by atoms with Crippen molar-refractivity contribution in [2.24, 2.45) is 11.1 Å². The molecule has 0 aliphatic heterocycles. The predicted molar refractivity (Wildman–Crippen MR) is 81.2 cm³/mol. The Morgan fingerprint density at radius 3 is 2.29 bits per heavy atom. The molecule has 1 amide bonds. The number of nitrogens with two attached hydrogens (primary N) is 1. The highest BCUT2D eigenvalue weighted by Gasteiger charge is 2.25. The Morgan fingerprint density at radius 2 is 1.81 bits per heavy atom. The second kappa shape index (κ2) is 7.05. The summed E-state index contributed by atoms with van der Waals surface area (Å²) in [6, 6.07) is 0.232. The van der Waals surface area contributed by atoms with Crippen LogP contribution in [-0.2, 0) is 4.79 Å². The van der Waals surface area contributed by atoms with Crippen LogP contribution < -0.4 is 21.1 Å². The molecule has 21 heavy (non-hydrogen) atoms. The summed E-state index contributed by atoms with van der Waals surface area (Å²) in [4.78, 5) is 23.9. The third-order valence-corrected chi connectivity index (χ3v) is 2.65. The molecule has 0 aliphatic carbocycles. The van der Waals surface area contributed by atoms with Crippen LogP contribution in [0.1, 0.15) is 34.6 Å². The minimum absolute atomic E-state index is 0.0446. The van der Waals surface area contributed by atoms with E-state index in [1.54, 1.807) is 13.8 Å². The number of aromatic nitrogens is 3. The highest BCUT2D eigenvalue weighted by atomic mass is 16.5. The van der Waals surface area contributed by atoms with Crippen molar-refractivity contribution in [2.45, 2.75) is 40.7 Å². The molecule has 0 bridgehead atoms. The van der Waals surface area contributed by atoms with Crippen molar-refractivity contribution in [3.05, 3.63) is 0 Å². The summed E-state index contributed by atoms with van der Waals surface area (Å²) in [7, 11) is 0. The first kappa shape index (κ1) is 16.9. The Kier molecular flexibility index (Phi) is 5.69. The zero-order chi connectivity index (χ0) is 16.0. The van der Waals surface area contributed by atoms with Gasteiger partial charge in [-0.15, -0.1) is 0 Å². The third kappa shape index (κ3) is 5.41. The first-order valence-electron chi connectivity index (χ1n) is 6.95. The standard InChI is InChI=1S/C13H24N6O2/c1-6-15-10-17-11(16-7-13(4,5)9(14)20)19-12(18-10)21-8(2)3/h8H,6-7H2,1-5H3,(H2,14,20)(H2,15,16,17,18,19). The van der Waals surface area contributed by atoms with E-state index in [0.717, 1.165) is 0 Å². The van der Waals surface area contributed by atoms with Crippen molar-refractivity contribution in [1.29, 1.82) is 0 Å². The number of primary amides is 1. The molecule has 0 spiro atoms. The second-order valence-corrected chi connectivity index (χ2v) is 5.56. The number of carbonyl (C=O) groups is 1. The van der Waals surface area contributed by atoms with Crippen LogP contribution in [0.15, 0.2) is 0 Å². The lowest BCUT2D eigenvalue weighted by atomic mass is 9.93. The first-order chi connectivity index (χ1) is 9.74. The summed E-state index contributed by atoms with van der Waals surface area (Å²) in [6.45, 7) is 10.2. The number of carbonyl (C=O) groups excluding carboxylic acids is 1. The number of nitrogens with zero attached hydrogens (tertiary/aromatic N) is 3. The maximum absolute atomic E-state index is 11.3. The average Bonchev–Trinajstić information content (AvgIpc) is 2.35. The van der Waals surface area contributed by atoms with Gasteiger partial charge in [0.15, 0.2) is 0 Å². The predicted octanol–water partition coefficient (Wildman–Crippen LogP) is 1.01. The van der Waals surface area contributed by atoms with E-state index >= 15 is 0 Å². The van der Waals surface area contributed by atoms with Crippen LogP contribution >= 0.6 is 0 Å². The molecule has 0 radical (unpaired) electrons. The van der Waals surface area contributed by atoms with Crippen LogP contribution in [0.5, 0.6) is 6.01 Å². The van der Waals surface area contributed by atoms with E-state index in [2.05, 4.69) is 25.6 Å². The molecule has 0 aromatic carbocycles. The molecule has 8 nitrogen and oxygen atoms in total. The summed E-state index contributed by atoms with van der Waals surface area (Å²) in [5.41, 5.74) is 4.63. The number of amides is 1. The van der Waals surface area contributed by atoms with Crippen molar-refractivity contribution < 1.29 is 9.53 Å². The van der Waals surface area contributed by atoms with Crippen LogP contribution in [0.25, 0.3) is 0 Å². The van der Waals surface area contributed by atoms with Gasteiger partial charge in [-0.25, -0.2) is 0 Å². The molecule has 0 saturated heterocycles. The van der Waals surface area contributed by atoms with Gasteiger partial charge in [0.1, 0.15) is 0 Å². The maximum Gasteiger partial charge on any atom is 0.323 e. The van der Waals surface area contributed by atoms with Crippen LogP contribution in [0.4, 0.5) is 11.9 Å². The fourth-order valence-electron chi connectivity index (χ4n) is 1.32. The lowest BCUT2D eigenvalue weighted by Gasteiger charge is -2.21. The van der Waals surface area contributed by atoms with E-state index in [-0.39, 0.29) is 12.1 Å². The summed E-state index contributed by atoms with van der Waals surface area (Å²) >= 11 is 0. The fraction of sp³-hybridized carbons (Fsp3) is 0.692. The minimum Gasteiger partial charge on any atom is -0.461 e. The molecule has 118 valence electrons. The zero-order valence-corrected chi connectivity index (χ0v) is 13.2. The summed E-state index contributed by atoms with van der Waals surface area (Å²) < 4.78 is 5.49. The van der Waals surface area contributed by atoms with Crippen molar-refractivity contribution in [3.63, 3.8) is 0 Å². The van der Waals surface area contributed by atoms with Crippen molar-refractivity contribution in [3.8, 4) is 6.01 Å². The van der Waals surface area contributed by atoms with Gasteiger partial charge in [0.25, 0.3) is 0 Å². The van der Waals surface area contributed by atoms with E-state index < -0.39 is 11.3 Å². The Bertz CT molecular complexity index is 490. The molecule has 4 N–H and O–H groups in total. The first-order valence-corrected chi connectivity index (χ1v) is 6.95. The molecule has 0 fully saturated rings. The smallest absolute Gasteiger partial charge is 0.323 e. The molecule has 1 aromatic heterocycles. The van der Waals surface area contributed by atoms with Gasteiger partial charge in [0.05, 0.1) is 11.5 Å². The van der Waals surface area contributed by atoms with Crippen molar-refractivity contribution in [2.75, 3.05) is 23.7 Å². The van der Waals surface area contributed by atoms with Gasteiger partial charge in [-0.1, -0.05) is 0 Å². The fourth-order valence-corrected chi connectivity index (χ4v) is 1.32. The van der Waals surface area contributed by atoms with Crippen LogP contribution in [0.2, 0.25) is 0 Å². The highest BCUT2D eigenvalue weighted by molar-refractivity contribution is 5.80. The van der Waals surface area contributed by atoms with Gasteiger partial charge in [-0.05, 0) is 34.6 Å². The van der Waals surface area contributed by atoms with E-state index in [9.17, 15) is 4.79 Å². The topological polar surface area (TPSA) is 115 Å². The monoisotopic (exact) mass is 296 g/mol. The van der Waals surface area contributed by atoms with Gasteiger partial charge in [-0.3, -0.25) is 4.79 Å². The summed E-state index contributed by atoms with van der Waals surface area (Å²) in [5, 5.41) is 6.00. The number of anilines is 2. The van der Waals surface area contributed by atoms with E-state index in [1.807, 2.05) is 20.8 Å². The third-order valence-electron chi connectivity index (χ3n) is 2.65. The Morgan fingerprint density at radius 1 is 1.24 bits per heavy atom. The number of hydrogen-bond acceptors (Lipinski definition) is 7.